The number of nitrogens with one attached hydrogen (secondary N) is 2. The number of aromatic carboxylic acids is 1. The van der Waals surface area contributed by atoms with E-state index in [0.717, 1.165) is 24.9 Å². The van der Waals surface area contributed by atoms with E-state index in [9.17, 15) is 9.59 Å². The number of carbonyl (C=O) groups excluding carboxylic acids is 1. The van der Waals surface area contributed by atoms with E-state index in [2.05, 4.69) is 10.6 Å². The summed E-state index contributed by atoms with van der Waals surface area (Å²) in [6.07, 6.45) is 2.43. The molecule has 1 atom stereocenters. The second-order valence-corrected chi connectivity index (χ2v) is 4.65. The third kappa shape index (κ3) is 3.54. The van der Waals surface area contributed by atoms with E-state index in [1.807, 2.05) is 6.07 Å². The van der Waals surface area contributed by atoms with Crippen molar-refractivity contribution >= 4 is 11.9 Å². The minimum Gasteiger partial charge on any atom is -0.478 e. The molecule has 0 aliphatic carbocycles. The molecule has 1 saturated heterocycles. The van der Waals surface area contributed by atoms with Gasteiger partial charge in [0.05, 0.1) is 11.6 Å². The number of rotatable bonds is 5. The molecule has 3 N–H and O–H groups in total. The monoisotopic (exact) mass is 262 g/mol. The predicted octanol–water partition coefficient (Wildman–Crippen LogP) is 0.796. The fraction of sp³-hybridized carbons (Fsp3) is 0.429. The molecule has 19 heavy (non-hydrogen) atoms. The summed E-state index contributed by atoms with van der Waals surface area (Å²) in [5.41, 5.74) is 1.05. The Hall–Kier alpha value is -1.88. The summed E-state index contributed by atoms with van der Waals surface area (Å²) in [6.45, 7) is 1.35. The first-order valence-electron chi connectivity index (χ1n) is 6.51. The van der Waals surface area contributed by atoms with Crippen LogP contribution in [0, 0.1) is 0 Å². The average molecular weight is 262 g/mol. The van der Waals surface area contributed by atoms with E-state index in [0.29, 0.717) is 18.5 Å². The number of amides is 1. The predicted molar refractivity (Wildman–Crippen MR) is 71.1 cm³/mol. The maximum Gasteiger partial charge on any atom is 0.335 e. The Labute approximate surface area is 112 Å². The zero-order valence-electron chi connectivity index (χ0n) is 10.7. The molecule has 1 fully saturated rings. The average Bonchev–Trinajstić information content (AvgIpc) is 2.93. The summed E-state index contributed by atoms with van der Waals surface area (Å²) >= 11 is 0. The number of hydrogen-bond donors (Lipinski definition) is 3. The molecule has 0 aromatic heterocycles. The lowest BCUT2D eigenvalue weighted by Gasteiger charge is -2.11. The zero-order valence-corrected chi connectivity index (χ0v) is 10.7. The van der Waals surface area contributed by atoms with Crippen molar-refractivity contribution in [2.75, 3.05) is 13.1 Å². The molecule has 0 bridgehead atoms. The van der Waals surface area contributed by atoms with Crippen molar-refractivity contribution in [3.63, 3.8) is 0 Å². The van der Waals surface area contributed by atoms with Crippen molar-refractivity contribution in [3.05, 3.63) is 35.4 Å². The van der Waals surface area contributed by atoms with E-state index >= 15 is 0 Å². The van der Waals surface area contributed by atoms with Crippen LogP contribution in [0.1, 0.15) is 28.8 Å². The molecular weight excluding hydrogens is 244 g/mol. The molecule has 1 amide bonds. The topological polar surface area (TPSA) is 78.4 Å². The van der Waals surface area contributed by atoms with Crippen LogP contribution in [0.15, 0.2) is 24.3 Å². The molecule has 0 saturated carbocycles. The third-order valence-corrected chi connectivity index (χ3v) is 3.32. The maximum absolute atomic E-state index is 11.8. The van der Waals surface area contributed by atoms with Gasteiger partial charge in [0.25, 0.3) is 0 Å². The lowest BCUT2D eigenvalue weighted by Crippen LogP contribution is -2.41. The Morgan fingerprint density at radius 1 is 1.37 bits per heavy atom. The maximum atomic E-state index is 11.8. The van der Waals surface area contributed by atoms with E-state index in [1.165, 1.54) is 0 Å². The number of carbonyl (C=O) groups is 2. The highest BCUT2D eigenvalue weighted by molar-refractivity contribution is 5.89. The Morgan fingerprint density at radius 3 is 2.84 bits per heavy atom. The smallest absolute Gasteiger partial charge is 0.335 e. The lowest BCUT2D eigenvalue weighted by atomic mass is 10.0. The second-order valence-electron chi connectivity index (χ2n) is 4.65. The number of benzene rings is 1. The molecule has 1 aromatic rings. The van der Waals surface area contributed by atoms with Crippen molar-refractivity contribution in [2.24, 2.45) is 0 Å². The molecule has 1 heterocycles. The summed E-state index contributed by atoms with van der Waals surface area (Å²) in [4.78, 5) is 22.8. The Bertz CT molecular complexity index is 468. The van der Waals surface area contributed by atoms with E-state index < -0.39 is 5.97 Å². The Balaban J connectivity index is 1.85. The third-order valence-electron chi connectivity index (χ3n) is 3.32. The normalized spacial score (nSPS) is 18.2. The highest BCUT2D eigenvalue weighted by Gasteiger charge is 2.21. The molecule has 0 unspecified atom stereocenters. The van der Waals surface area contributed by atoms with Crippen molar-refractivity contribution in [1.29, 1.82) is 0 Å². The number of carboxylic acids is 1. The quantitative estimate of drug-likeness (QED) is 0.733. The Morgan fingerprint density at radius 2 is 2.16 bits per heavy atom. The number of hydrogen-bond acceptors (Lipinski definition) is 3. The van der Waals surface area contributed by atoms with Crippen LogP contribution in [0.2, 0.25) is 0 Å². The molecular formula is C14H18N2O3. The van der Waals surface area contributed by atoms with Gasteiger partial charge >= 0.3 is 5.97 Å². The zero-order chi connectivity index (χ0) is 13.7. The fourth-order valence-corrected chi connectivity index (χ4v) is 2.30. The van der Waals surface area contributed by atoms with Gasteiger partial charge in [0, 0.05) is 6.54 Å². The van der Waals surface area contributed by atoms with Gasteiger partial charge in [-0.3, -0.25) is 4.79 Å². The first kappa shape index (κ1) is 13.5. The van der Waals surface area contributed by atoms with E-state index in [1.54, 1.807) is 18.2 Å². The summed E-state index contributed by atoms with van der Waals surface area (Å²) in [6, 6.07) is 6.78. The summed E-state index contributed by atoms with van der Waals surface area (Å²) < 4.78 is 0. The molecule has 1 aliphatic heterocycles. The molecule has 5 heteroatoms. The minimum absolute atomic E-state index is 0.00491. The van der Waals surface area contributed by atoms with Gasteiger partial charge in [-0.25, -0.2) is 4.79 Å². The molecule has 2 rings (SSSR count). The minimum atomic E-state index is -0.931. The van der Waals surface area contributed by atoms with Gasteiger partial charge in [-0.15, -0.1) is 0 Å². The fourth-order valence-electron chi connectivity index (χ4n) is 2.30. The largest absolute Gasteiger partial charge is 0.478 e. The highest BCUT2D eigenvalue weighted by atomic mass is 16.4. The Kier molecular flexibility index (Phi) is 4.52. The van der Waals surface area contributed by atoms with Gasteiger partial charge < -0.3 is 15.7 Å². The van der Waals surface area contributed by atoms with Gasteiger partial charge in [-0.2, -0.15) is 0 Å². The van der Waals surface area contributed by atoms with Gasteiger partial charge in [0.15, 0.2) is 0 Å². The lowest BCUT2D eigenvalue weighted by molar-refractivity contribution is -0.122. The summed E-state index contributed by atoms with van der Waals surface area (Å²) in [5.74, 6) is -0.926. The summed E-state index contributed by atoms with van der Waals surface area (Å²) in [5, 5.41) is 15.0. The van der Waals surface area contributed by atoms with Crippen LogP contribution in [0.3, 0.4) is 0 Å². The van der Waals surface area contributed by atoms with Gasteiger partial charge in [0.2, 0.25) is 5.91 Å². The van der Waals surface area contributed by atoms with Gasteiger partial charge in [-0.05, 0) is 37.4 Å². The molecule has 0 spiro atoms. The van der Waals surface area contributed by atoms with Crippen LogP contribution >= 0.6 is 0 Å². The van der Waals surface area contributed by atoms with Gasteiger partial charge in [0.1, 0.15) is 0 Å². The van der Waals surface area contributed by atoms with Gasteiger partial charge in [-0.1, -0.05) is 18.2 Å². The van der Waals surface area contributed by atoms with E-state index in [-0.39, 0.29) is 11.9 Å². The molecule has 5 nitrogen and oxygen atoms in total. The van der Waals surface area contributed by atoms with Crippen LogP contribution in [-0.2, 0) is 11.2 Å². The number of carboxylic acid groups (broad SMARTS) is 1. The van der Waals surface area contributed by atoms with Crippen molar-refractivity contribution in [2.45, 2.75) is 25.3 Å². The van der Waals surface area contributed by atoms with E-state index in [4.69, 9.17) is 5.11 Å². The summed E-state index contributed by atoms with van der Waals surface area (Å²) in [7, 11) is 0. The van der Waals surface area contributed by atoms with Crippen LogP contribution in [0.5, 0.6) is 0 Å². The molecule has 1 aliphatic rings. The second kappa shape index (κ2) is 6.33. The first-order valence-corrected chi connectivity index (χ1v) is 6.51. The van der Waals surface area contributed by atoms with Crippen molar-refractivity contribution in [3.8, 4) is 0 Å². The van der Waals surface area contributed by atoms with Crippen LogP contribution in [0.4, 0.5) is 0 Å². The van der Waals surface area contributed by atoms with Crippen LogP contribution < -0.4 is 10.6 Å². The SMILES string of the molecule is O=C(O)c1ccccc1CCNC(=O)[C@H]1CCCN1. The van der Waals surface area contributed by atoms with Crippen molar-refractivity contribution in [1.82, 2.24) is 10.6 Å². The van der Waals surface area contributed by atoms with Crippen LogP contribution in [-0.4, -0.2) is 36.1 Å². The molecule has 1 aromatic carbocycles. The first-order chi connectivity index (χ1) is 9.18. The standard InChI is InChI=1S/C14H18N2O3/c17-13(12-6-3-8-15-12)16-9-7-10-4-1-2-5-11(10)14(18)19/h1-2,4-5,12,15H,3,6-9H2,(H,16,17)(H,18,19)/t12-/m1/s1. The van der Waals surface area contributed by atoms with Crippen molar-refractivity contribution < 1.29 is 14.7 Å². The molecule has 0 radical (unpaired) electrons. The molecule has 102 valence electrons. The van der Waals surface area contributed by atoms with Crippen LogP contribution in [0.25, 0.3) is 0 Å². The highest BCUT2D eigenvalue weighted by Crippen LogP contribution is 2.09.